The summed E-state index contributed by atoms with van der Waals surface area (Å²) in [6, 6.07) is 8.33. The van der Waals surface area contributed by atoms with Gasteiger partial charge in [0.25, 0.3) is 0 Å². The lowest BCUT2D eigenvalue weighted by molar-refractivity contribution is -0.130. The first-order chi connectivity index (χ1) is 18.1. The number of allylic oxidation sites excluding steroid dienone is 2. The van der Waals surface area contributed by atoms with Crippen molar-refractivity contribution in [2.75, 3.05) is 7.11 Å². The van der Waals surface area contributed by atoms with E-state index in [2.05, 4.69) is 56.2 Å². The fourth-order valence-electron chi connectivity index (χ4n) is 8.65. The Hall–Kier alpha value is -2.66. The summed E-state index contributed by atoms with van der Waals surface area (Å²) in [6.45, 7) is 9.41. The molecule has 6 atom stereocenters. The lowest BCUT2D eigenvalue weighted by Crippen LogP contribution is -2.50. The van der Waals surface area contributed by atoms with Crippen LogP contribution in [-0.4, -0.2) is 33.9 Å². The average molecular weight is 515 g/mol. The summed E-state index contributed by atoms with van der Waals surface area (Å²) >= 11 is 0. The molecule has 0 unspecified atom stereocenters. The molecule has 202 valence electrons. The SMILES string of the molecule is COc1ccc(/C=C2\C[C@H]3[C@@H]4CC=C5C[C@@H](O)CC[C@]5(C)[C@H]4CC[C@]3(C)C2=O)cc1Cn1nc(C)cc1C. The fourth-order valence-corrected chi connectivity index (χ4v) is 8.65. The van der Waals surface area contributed by atoms with Crippen molar-refractivity contribution in [1.29, 1.82) is 0 Å². The number of carbonyl (C=O) groups is 1. The van der Waals surface area contributed by atoms with Crippen molar-refractivity contribution in [3.63, 3.8) is 0 Å². The van der Waals surface area contributed by atoms with Crippen LogP contribution in [0.3, 0.4) is 0 Å². The molecule has 1 aromatic carbocycles. The molecule has 6 rings (SSSR count). The molecule has 5 nitrogen and oxygen atoms in total. The Labute approximate surface area is 227 Å². The molecule has 0 radical (unpaired) electrons. The summed E-state index contributed by atoms with van der Waals surface area (Å²) in [5, 5.41) is 14.9. The van der Waals surface area contributed by atoms with Crippen LogP contribution in [0.5, 0.6) is 5.75 Å². The van der Waals surface area contributed by atoms with E-state index in [0.29, 0.717) is 30.1 Å². The Morgan fingerprint density at radius 1 is 1.11 bits per heavy atom. The van der Waals surface area contributed by atoms with Gasteiger partial charge in [-0.1, -0.05) is 31.6 Å². The summed E-state index contributed by atoms with van der Waals surface area (Å²) in [5.41, 5.74) is 6.65. The van der Waals surface area contributed by atoms with Crippen molar-refractivity contribution >= 4 is 11.9 Å². The van der Waals surface area contributed by atoms with Crippen molar-refractivity contribution in [1.82, 2.24) is 9.78 Å². The normalized spacial score (nSPS) is 35.5. The van der Waals surface area contributed by atoms with Crippen molar-refractivity contribution in [3.05, 3.63) is 64.0 Å². The zero-order chi connectivity index (χ0) is 26.8. The first-order valence-corrected chi connectivity index (χ1v) is 14.4. The number of aryl methyl sites for hydroxylation is 2. The van der Waals surface area contributed by atoms with Gasteiger partial charge in [-0.3, -0.25) is 9.48 Å². The third-order valence-corrected chi connectivity index (χ3v) is 10.8. The van der Waals surface area contributed by atoms with Crippen LogP contribution in [0.25, 0.3) is 6.08 Å². The van der Waals surface area contributed by atoms with E-state index in [1.54, 1.807) is 7.11 Å². The van der Waals surface area contributed by atoms with Gasteiger partial charge in [0, 0.05) is 16.7 Å². The summed E-state index contributed by atoms with van der Waals surface area (Å²) in [6.07, 6.45) is 11.2. The Bertz CT molecular complexity index is 1340. The molecule has 3 saturated carbocycles. The quantitative estimate of drug-likeness (QED) is 0.377. The third kappa shape index (κ3) is 4.00. The summed E-state index contributed by atoms with van der Waals surface area (Å²) in [7, 11) is 1.71. The number of fused-ring (bicyclic) bond motifs is 5. The molecule has 0 bridgehead atoms. The molecule has 0 amide bonds. The smallest absolute Gasteiger partial charge is 0.165 e. The van der Waals surface area contributed by atoms with Gasteiger partial charge in [-0.25, -0.2) is 0 Å². The molecule has 2 aromatic rings. The molecule has 1 N–H and O–H groups in total. The monoisotopic (exact) mass is 514 g/mol. The number of rotatable bonds is 4. The van der Waals surface area contributed by atoms with Crippen molar-refractivity contribution in [2.45, 2.75) is 85.3 Å². The second kappa shape index (κ2) is 9.22. The summed E-state index contributed by atoms with van der Waals surface area (Å²) in [4.78, 5) is 13.9. The molecule has 5 heteroatoms. The van der Waals surface area contributed by atoms with E-state index in [-0.39, 0.29) is 16.9 Å². The average Bonchev–Trinajstić information content (AvgIpc) is 3.33. The maximum atomic E-state index is 13.9. The number of nitrogens with zero attached hydrogens (tertiary/aromatic N) is 2. The van der Waals surface area contributed by atoms with E-state index in [4.69, 9.17) is 4.74 Å². The fraction of sp³-hybridized carbons (Fsp3) is 0.576. The molecular weight excluding hydrogens is 472 g/mol. The molecule has 1 heterocycles. The number of Topliss-reactive ketones (excluding diaryl/α,β-unsaturated/α-hetero) is 1. The molecule has 3 fully saturated rings. The number of hydrogen-bond donors (Lipinski definition) is 1. The maximum absolute atomic E-state index is 13.9. The lowest BCUT2D eigenvalue weighted by Gasteiger charge is -2.56. The van der Waals surface area contributed by atoms with E-state index in [9.17, 15) is 9.90 Å². The highest BCUT2D eigenvalue weighted by Gasteiger charge is 2.59. The van der Waals surface area contributed by atoms with Gasteiger partial charge in [-0.2, -0.15) is 5.10 Å². The van der Waals surface area contributed by atoms with E-state index in [0.717, 1.165) is 78.8 Å². The van der Waals surface area contributed by atoms with Crippen molar-refractivity contribution in [3.8, 4) is 5.75 Å². The van der Waals surface area contributed by atoms with Gasteiger partial charge in [0.2, 0.25) is 0 Å². The Kier molecular flexibility index (Phi) is 6.21. The molecule has 0 aliphatic heterocycles. The van der Waals surface area contributed by atoms with Crippen molar-refractivity contribution < 1.29 is 14.6 Å². The number of carbonyl (C=O) groups excluding carboxylic acids is 1. The topological polar surface area (TPSA) is 64.3 Å². The zero-order valence-electron chi connectivity index (χ0n) is 23.6. The van der Waals surface area contributed by atoms with Crippen LogP contribution >= 0.6 is 0 Å². The number of aromatic nitrogens is 2. The first-order valence-electron chi connectivity index (χ1n) is 14.4. The van der Waals surface area contributed by atoms with E-state index < -0.39 is 0 Å². The van der Waals surface area contributed by atoms with Crippen LogP contribution in [0, 0.1) is 42.4 Å². The standard InChI is InChI=1S/C33H42N2O3/c1-20-14-21(2)35(34-20)19-24-16-22(6-9-30(24)38-5)15-23-17-29-27-8-7-25-18-26(36)10-12-32(25,3)28(27)11-13-33(29,4)31(23)37/h6-7,9,14-16,26-29,36H,8,10-13,17-19H2,1-5H3/b23-15+/t26-,27+,28-,29-,32-,33-/m0/s1. The molecule has 1 aromatic heterocycles. The summed E-state index contributed by atoms with van der Waals surface area (Å²) < 4.78 is 7.68. The van der Waals surface area contributed by atoms with E-state index >= 15 is 0 Å². The lowest BCUT2D eigenvalue weighted by atomic mass is 9.48. The highest BCUT2D eigenvalue weighted by molar-refractivity contribution is 6.06. The van der Waals surface area contributed by atoms with Crippen LogP contribution in [0.15, 0.2) is 41.5 Å². The number of hydrogen-bond acceptors (Lipinski definition) is 4. The van der Waals surface area contributed by atoms with Gasteiger partial charge in [0.15, 0.2) is 5.78 Å². The first kappa shape index (κ1) is 25.6. The molecule has 38 heavy (non-hydrogen) atoms. The Balaban J connectivity index is 1.29. The van der Waals surface area contributed by atoms with Gasteiger partial charge in [-0.15, -0.1) is 0 Å². The highest BCUT2D eigenvalue weighted by Crippen LogP contribution is 2.64. The summed E-state index contributed by atoms with van der Waals surface area (Å²) in [5.74, 6) is 2.76. The minimum atomic E-state index is -0.262. The van der Waals surface area contributed by atoms with Gasteiger partial charge in [0.05, 0.1) is 25.5 Å². The van der Waals surface area contributed by atoms with Crippen LogP contribution in [-0.2, 0) is 11.3 Å². The molecule has 0 saturated heterocycles. The van der Waals surface area contributed by atoms with Crippen LogP contribution in [0.1, 0.15) is 81.3 Å². The molecule has 4 aliphatic rings. The minimum Gasteiger partial charge on any atom is -0.496 e. The number of aliphatic hydroxyl groups excluding tert-OH is 1. The van der Waals surface area contributed by atoms with Crippen LogP contribution < -0.4 is 4.74 Å². The largest absolute Gasteiger partial charge is 0.496 e. The Morgan fingerprint density at radius 2 is 1.89 bits per heavy atom. The second-order valence-corrected chi connectivity index (χ2v) is 13.0. The predicted octanol–water partition coefficient (Wildman–Crippen LogP) is 6.44. The Morgan fingerprint density at radius 3 is 2.63 bits per heavy atom. The van der Waals surface area contributed by atoms with Gasteiger partial charge in [-0.05, 0) is 117 Å². The van der Waals surface area contributed by atoms with Gasteiger partial charge in [0.1, 0.15) is 5.75 Å². The minimum absolute atomic E-state index is 0.182. The number of aliphatic hydroxyl groups is 1. The second-order valence-electron chi connectivity index (χ2n) is 13.0. The number of ketones is 1. The number of methoxy groups -OCH3 is 1. The van der Waals surface area contributed by atoms with Gasteiger partial charge >= 0.3 is 0 Å². The third-order valence-electron chi connectivity index (χ3n) is 10.8. The molecule has 0 spiro atoms. The van der Waals surface area contributed by atoms with Crippen molar-refractivity contribution in [2.24, 2.45) is 28.6 Å². The highest BCUT2D eigenvalue weighted by atomic mass is 16.5. The predicted molar refractivity (Wildman–Crippen MR) is 150 cm³/mol. The van der Waals surface area contributed by atoms with Gasteiger partial charge < -0.3 is 9.84 Å². The van der Waals surface area contributed by atoms with Crippen LogP contribution in [0.2, 0.25) is 0 Å². The molecular formula is C33H42N2O3. The maximum Gasteiger partial charge on any atom is 0.165 e. The number of benzene rings is 1. The van der Waals surface area contributed by atoms with E-state index in [1.807, 2.05) is 17.7 Å². The van der Waals surface area contributed by atoms with Crippen LogP contribution in [0.4, 0.5) is 0 Å². The number of ether oxygens (including phenoxy) is 1. The zero-order valence-corrected chi connectivity index (χ0v) is 23.6. The van der Waals surface area contributed by atoms with E-state index in [1.165, 1.54) is 5.57 Å². The molecule has 4 aliphatic carbocycles.